The lowest BCUT2D eigenvalue weighted by Gasteiger charge is -2.41. The van der Waals surface area contributed by atoms with Gasteiger partial charge in [-0.05, 0) is 90.8 Å². The molecule has 0 radical (unpaired) electrons. The molecule has 246 valence electrons. The largest absolute Gasteiger partial charge is 0.493 e. The smallest absolute Gasteiger partial charge is 0.410 e. The number of rotatable bonds is 10. The van der Waals surface area contributed by atoms with Crippen molar-refractivity contribution >= 4 is 23.7 Å². The van der Waals surface area contributed by atoms with Crippen LogP contribution in [-0.4, -0.2) is 89.8 Å². The van der Waals surface area contributed by atoms with E-state index in [1.54, 1.807) is 35.1 Å². The van der Waals surface area contributed by atoms with Gasteiger partial charge < -0.3 is 34.5 Å². The van der Waals surface area contributed by atoms with E-state index in [2.05, 4.69) is 10.5 Å². The lowest BCUT2D eigenvalue weighted by Crippen LogP contribution is -2.54. The number of hydrogen-bond acceptors (Lipinski definition) is 8. The first-order valence-corrected chi connectivity index (χ1v) is 15.1. The molecule has 0 unspecified atom stereocenters. The Morgan fingerprint density at radius 1 is 1.11 bits per heavy atom. The minimum absolute atomic E-state index is 0.0159. The van der Waals surface area contributed by atoms with Crippen LogP contribution in [0.2, 0.25) is 0 Å². The average molecular weight is 629 g/mol. The Bertz CT molecular complexity index is 1390. The summed E-state index contributed by atoms with van der Waals surface area (Å²) >= 11 is 0. The Kier molecular flexibility index (Phi) is 12.3. The van der Waals surface area contributed by atoms with Crippen LogP contribution in [-0.2, 0) is 9.47 Å². The van der Waals surface area contributed by atoms with Gasteiger partial charge in [-0.15, -0.1) is 0 Å². The standard InChI is InChI=1S/C33H45FN4O7/c1-21(2)38(25-10-8-15-37(20-25)32(41)45-33(4,5)6)31(40)24-11-13-26(29(19-24)44-17-9-16-43-7)27-18-23(12-14-28(27)34)30(39)35-22(3)36-42/h11-14,18-19,21,25,42H,8-10,15-17,20H2,1-7H3,(H,35,36,39)/t25-/m1/s1. The second kappa shape index (κ2) is 15.7. The molecular weight excluding hydrogens is 583 g/mol. The molecule has 2 aromatic rings. The van der Waals surface area contributed by atoms with Gasteiger partial charge in [0.05, 0.1) is 12.6 Å². The fourth-order valence-electron chi connectivity index (χ4n) is 5.16. The van der Waals surface area contributed by atoms with Crippen LogP contribution in [0.1, 0.15) is 81.5 Å². The summed E-state index contributed by atoms with van der Waals surface area (Å²) in [7, 11) is 1.58. The van der Waals surface area contributed by atoms with E-state index < -0.39 is 23.4 Å². The number of amides is 3. The topological polar surface area (TPSA) is 130 Å². The minimum Gasteiger partial charge on any atom is -0.493 e. The maximum atomic E-state index is 15.2. The van der Waals surface area contributed by atoms with E-state index in [9.17, 15) is 14.4 Å². The molecule has 0 bridgehead atoms. The summed E-state index contributed by atoms with van der Waals surface area (Å²) in [4.78, 5) is 43.0. The Hall–Kier alpha value is -4.19. The molecule has 1 fully saturated rings. The molecule has 2 aromatic carbocycles. The number of oxime groups is 1. The van der Waals surface area contributed by atoms with Crippen LogP contribution in [0.15, 0.2) is 41.6 Å². The highest BCUT2D eigenvalue weighted by Gasteiger charge is 2.34. The number of ether oxygens (including phenoxy) is 3. The van der Waals surface area contributed by atoms with Crippen molar-refractivity contribution in [3.05, 3.63) is 53.3 Å². The third-order valence-corrected chi connectivity index (χ3v) is 7.17. The summed E-state index contributed by atoms with van der Waals surface area (Å²) < 4.78 is 32.0. The van der Waals surface area contributed by atoms with Crippen molar-refractivity contribution in [3.8, 4) is 16.9 Å². The number of methoxy groups -OCH3 is 1. The SMILES string of the molecule is COCCCOc1cc(C(=O)N(C(C)C)[C@@H]2CCCN(C(=O)OC(C)(C)C)C2)ccc1-c1cc(C(=O)NC(C)=NO)ccc1F. The molecule has 1 saturated heterocycles. The number of nitrogens with zero attached hydrogens (tertiary/aromatic N) is 3. The molecule has 0 aromatic heterocycles. The molecule has 11 nitrogen and oxygen atoms in total. The van der Waals surface area contributed by atoms with Crippen LogP contribution in [0.4, 0.5) is 9.18 Å². The lowest BCUT2D eigenvalue weighted by atomic mass is 9.97. The minimum atomic E-state index is -0.631. The zero-order chi connectivity index (χ0) is 33.3. The van der Waals surface area contributed by atoms with Gasteiger partial charge in [-0.25, -0.2) is 9.18 Å². The molecule has 1 atom stereocenters. The summed E-state index contributed by atoms with van der Waals surface area (Å²) in [5, 5.41) is 14.3. The van der Waals surface area contributed by atoms with Gasteiger partial charge in [0.25, 0.3) is 11.8 Å². The van der Waals surface area contributed by atoms with Crippen LogP contribution in [0, 0.1) is 5.82 Å². The van der Waals surface area contributed by atoms with E-state index in [1.165, 1.54) is 25.1 Å². The van der Waals surface area contributed by atoms with E-state index in [0.717, 1.165) is 12.8 Å². The Balaban J connectivity index is 1.97. The van der Waals surface area contributed by atoms with Crippen molar-refractivity contribution in [1.29, 1.82) is 0 Å². The monoisotopic (exact) mass is 628 g/mol. The van der Waals surface area contributed by atoms with Crippen LogP contribution >= 0.6 is 0 Å². The molecule has 0 spiro atoms. The maximum Gasteiger partial charge on any atom is 0.410 e. The molecule has 3 amide bonds. The molecule has 45 heavy (non-hydrogen) atoms. The fraction of sp³-hybridized carbons (Fsp3) is 0.515. The quantitative estimate of drug-likeness (QED) is 0.114. The van der Waals surface area contributed by atoms with E-state index in [0.29, 0.717) is 37.2 Å². The van der Waals surface area contributed by atoms with E-state index in [1.807, 2.05) is 34.6 Å². The van der Waals surface area contributed by atoms with Gasteiger partial charge in [0.2, 0.25) is 0 Å². The summed E-state index contributed by atoms with van der Waals surface area (Å²) in [6, 6.07) is 8.26. The van der Waals surface area contributed by atoms with Gasteiger partial charge in [0.1, 0.15) is 23.0 Å². The van der Waals surface area contributed by atoms with Gasteiger partial charge in [0.15, 0.2) is 0 Å². The average Bonchev–Trinajstić information content (AvgIpc) is 2.98. The third kappa shape index (κ3) is 9.65. The first-order chi connectivity index (χ1) is 21.2. The summed E-state index contributed by atoms with van der Waals surface area (Å²) in [5.41, 5.74) is 0.302. The van der Waals surface area contributed by atoms with E-state index in [-0.39, 0.29) is 47.3 Å². The van der Waals surface area contributed by atoms with Crippen LogP contribution in [0.3, 0.4) is 0 Å². The third-order valence-electron chi connectivity index (χ3n) is 7.17. The molecule has 1 aliphatic rings. The second-order valence-corrected chi connectivity index (χ2v) is 12.3. The number of hydrogen-bond donors (Lipinski definition) is 2. The number of likely N-dealkylation sites (tertiary alicyclic amines) is 1. The van der Waals surface area contributed by atoms with Gasteiger partial charge >= 0.3 is 6.09 Å². The molecule has 1 aliphatic heterocycles. The van der Waals surface area contributed by atoms with Crippen LogP contribution in [0.5, 0.6) is 5.75 Å². The second-order valence-electron chi connectivity index (χ2n) is 12.3. The van der Waals surface area contributed by atoms with Gasteiger partial charge in [-0.2, -0.15) is 0 Å². The maximum absolute atomic E-state index is 15.2. The first-order valence-electron chi connectivity index (χ1n) is 15.1. The van der Waals surface area contributed by atoms with Crippen molar-refractivity contribution in [2.75, 3.05) is 33.4 Å². The predicted molar refractivity (Wildman–Crippen MR) is 168 cm³/mol. The zero-order valence-electron chi connectivity index (χ0n) is 27.2. The number of benzene rings is 2. The van der Waals surface area contributed by atoms with E-state index >= 15 is 4.39 Å². The number of carbonyl (C=O) groups is 3. The molecular formula is C33H45FN4O7. The van der Waals surface area contributed by atoms with Gasteiger partial charge in [-0.1, -0.05) is 5.16 Å². The Morgan fingerprint density at radius 3 is 2.47 bits per heavy atom. The van der Waals surface area contributed by atoms with E-state index in [4.69, 9.17) is 19.4 Å². The van der Waals surface area contributed by atoms with Crippen molar-refractivity contribution < 1.29 is 38.2 Å². The highest BCUT2D eigenvalue weighted by Crippen LogP contribution is 2.35. The number of carbonyl (C=O) groups excluding carboxylic acids is 3. The molecule has 1 heterocycles. The molecule has 0 saturated carbocycles. The number of nitrogens with one attached hydrogen (secondary N) is 1. The van der Waals surface area contributed by atoms with Crippen molar-refractivity contribution in [2.24, 2.45) is 5.16 Å². The highest BCUT2D eigenvalue weighted by atomic mass is 19.1. The number of piperidine rings is 1. The van der Waals surface area contributed by atoms with Gasteiger partial charge in [-0.3, -0.25) is 9.59 Å². The molecule has 3 rings (SSSR count). The number of halogens is 1. The summed E-state index contributed by atoms with van der Waals surface area (Å²) in [6.07, 6.45) is 1.60. The Labute approximate surface area is 264 Å². The normalized spacial score (nSPS) is 15.5. The molecule has 0 aliphatic carbocycles. The molecule has 12 heteroatoms. The van der Waals surface area contributed by atoms with Crippen molar-refractivity contribution in [1.82, 2.24) is 15.1 Å². The fourth-order valence-corrected chi connectivity index (χ4v) is 5.16. The van der Waals surface area contributed by atoms with Crippen molar-refractivity contribution in [3.63, 3.8) is 0 Å². The lowest BCUT2D eigenvalue weighted by molar-refractivity contribution is 0.00751. The first kappa shape index (κ1) is 35.3. The van der Waals surface area contributed by atoms with Crippen LogP contribution in [0.25, 0.3) is 11.1 Å². The van der Waals surface area contributed by atoms with Gasteiger partial charge in [0, 0.05) is 61.5 Å². The molecule has 2 N–H and O–H groups in total. The number of amidine groups is 1. The predicted octanol–water partition coefficient (Wildman–Crippen LogP) is 5.70. The summed E-state index contributed by atoms with van der Waals surface area (Å²) in [6.45, 7) is 12.3. The van der Waals surface area contributed by atoms with Crippen LogP contribution < -0.4 is 10.1 Å². The zero-order valence-corrected chi connectivity index (χ0v) is 27.2. The Morgan fingerprint density at radius 2 is 1.82 bits per heavy atom. The van der Waals surface area contributed by atoms with Crippen molar-refractivity contribution in [2.45, 2.75) is 78.5 Å². The highest BCUT2D eigenvalue weighted by molar-refractivity contribution is 6.06. The summed E-state index contributed by atoms with van der Waals surface area (Å²) in [5.74, 6) is -1.17.